The Morgan fingerprint density at radius 1 is 1.27 bits per heavy atom. The fourth-order valence-electron chi connectivity index (χ4n) is 1.97. The molecule has 64 valence electrons. The lowest BCUT2D eigenvalue weighted by atomic mass is 10.0. The summed E-state index contributed by atoms with van der Waals surface area (Å²) < 4.78 is 10.9. The molecule has 3 heteroatoms. The van der Waals surface area contributed by atoms with Crippen LogP contribution in [0.3, 0.4) is 0 Å². The first-order valence-corrected chi connectivity index (χ1v) is 4.18. The van der Waals surface area contributed by atoms with Gasteiger partial charge in [0, 0.05) is 12.0 Å². The molecule has 2 saturated heterocycles. The van der Waals surface area contributed by atoms with Gasteiger partial charge in [-0.25, -0.2) is 0 Å². The van der Waals surface area contributed by atoms with E-state index in [1.165, 1.54) is 0 Å². The van der Waals surface area contributed by atoms with Crippen LogP contribution < -0.4 is 0 Å². The minimum Gasteiger partial charge on any atom is -0.352 e. The molecule has 0 aromatic carbocycles. The van der Waals surface area contributed by atoms with E-state index in [1.54, 1.807) is 0 Å². The van der Waals surface area contributed by atoms with Gasteiger partial charge in [-0.05, 0) is 20.5 Å². The van der Waals surface area contributed by atoms with Gasteiger partial charge in [0.2, 0.25) is 0 Å². The second-order valence-corrected chi connectivity index (χ2v) is 3.56. The summed E-state index contributed by atoms with van der Waals surface area (Å²) in [6.07, 6.45) is 1.26. The Labute approximate surface area is 67.3 Å². The third-order valence-corrected chi connectivity index (χ3v) is 2.67. The van der Waals surface area contributed by atoms with E-state index < -0.39 is 0 Å². The van der Waals surface area contributed by atoms with E-state index in [0.29, 0.717) is 12.0 Å². The van der Waals surface area contributed by atoms with Crippen molar-refractivity contribution in [2.75, 3.05) is 27.3 Å². The Kier molecular flexibility index (Phi) is 1.87. The summed E-state index contributed by atoms with van der Waals surface area (Å²) in [4.78, 5) is 2.24. The van der Waals surface area contributed by atoms with Crippen LogP contribution in [0.25, 0.3) is 0 Å². The second-order valence-electron chi connectivity index (χ2n) is 3.56. The van der Waals surface area contributed by atoms with Gasteiger partial charge in [-0.2, -0.15) is 0 Å². The van der Waals surface area contributed by atoms with Gasteiger partial charge in [0.15, 0.2) is 6.29 Å². The number of hydrogen-bond donors (Lipinski definition) is 0. The molecule has 0 spiro atoms. The van der Waals surface area contributed by atoms with Crippen LogP contribution in [0.5, 0.6) is 0 Å². The molecule has 2 aliphatic heterocycles. The number of fused-ring (bicyclic) bond motifs is 1. The smallest absolute Gasteiger partial charge is 0.162 e. The Hall–Kier alpha value is -0.120. The van der Waals surface area contributed by atoms with Crippen LogP contribution in [0, 0.1) is 5.92 Å². The van der Waals surface area contributed by atoms with Gasteiger partial charge >= 0.3 is 0 Å². The topological polar surface area (TPSA) is 21.7 Å². The highest BCUT2D eigenvalue weighted by Gasteiger charge is 2.42. The van der Waals surface area contributed by atoms with Crippen molar-refractivity contribution < 1.29 is 9.47 Å². The van der Waals surface area contributed by atoms with Gasteiger partial charge < -0.3 is 14.4 Å². The molecule has 2 aliphatic rings. The number of likely N-dealkylation sites (N-methyl/N-ethyl adjacent to an activating group) is 1. The molecule has 11 heavy (non-hydrogen) atoms. The summed E-state index contributed by atoms with van der Waals surface area (Å²) in [5.41, 5.74) is 0. The molecule has 0 aromatic heterocycles. The maximum Gasteiger partial charge on any atom is 0.162 e. The van der Waals surface area contributed by atoms with Crippen LogP contribution >= 0.6 is 0 Å². The van der Waals surface area contributed by atoms with Crippen LogP contribution in [0.2, 0.25) is 0 Å². The predicted molar refractivity (Wildman–Crippen MR) is 41.3 cm³/mol. The molecule has 2 rings (SSSR count). The lowest BCUT2D eigenvalue weighted by Gasteiger charge is -2.21. The largest absolute Gasteiger partial charge is 0.352 e. The van der Waals surface area contributed by atoms with Gasteiger partial charge in [0.1, 0.15) is 0 Å². The van der Waals surface area contributed by atoms with Crippen molar-refractivity contribution in [1.29, 1.82) is 0 Å². The van der Waals surface area contributed by atoms with E-state index in [1.807, 2.05) is 0 Å². The van der Waals surface area contributed by atoms with Crippen molar-refractivity contribution in [2.24, 2.45) is 5.92 Å². The molecule has 3 unspecified atom stereocenters. The Morgan fingerprint density at radius 3 is 2.82 bits per heavy atom. The highest BCUT2D eigenvalue weighted by molar-refractivity contribution is 4.87. The molecule has 3 nitrogen and oxygen atoms in total. The summed E-state index contributed by atoms with van der Waals surface area (Å²) in [6, 6.07) is 0.572. The predicted octanol–water partition coefficient (Wildman–Crippen LogP) is 0.309. The van der Waals surface area contributed by atoms with Gasteiger partial charge in [0.05, 0.1) is 13.2 Å². The maximum absolute atomic E-state index is 5.49. The molecule has 0 amide bonds. The Morgan fingerprint density at radius 2 is 2.09 bits per heavy atom. The molecule has 0 radical (unpaired) electrons. The zero-order valence-corrected chi connectivity index (χ0v) is 7.12. The summed E-state index contributed by atoms with van der Waals surface area (Å²) in [5.74, 6) is 0.616. The molecule has 0 aromatic rings. The summed E-state index contributed by atoms with van der Waals surface area (Å²) in [6.45, 7) is 1.71. The van der Waals surface area contributed by atoms with Gasteiger partial charge in [-0.15, -0.1) is 0 Å². The molecule has 2 fully saturated rings. The standard InChI is InChI=1S/C8H15NO2/c1-9(2)7-5-11-8-6(7)3-4-10-8/h6-8H,3-5H2,1-2H3. The Bertz CT molecular complexity index is 149. The molecule has 0 bridgehead atoms. The molecule has 3 atom stereocenters. The number of rotatable bonds is 1. The first-order valence-electron chi connectivity index (χ1n) is 4.18. The highest BCUT2D eigenvalue weighted by Crippen LogP contribution is 2.32. The van der Waals surface area contributed by atoms with Crippen molar-refractivity contribution >= 4 is 0 Å². The lowest BCUT2D eigenvalue weighted by molar-refractivity contribution is -0.0905. The molecule has 0 N–H and O–H groups in total. The molecular weight excluding hydrogens is 142 g/mol. The van der Waals surface area contributed by atoms with E-state index in [0.717, 1.165) is 19.6 Å². The number of nitrogens with zero attached hydrogens (tertiary/aromatic N) is 1. The lowest BCUT2D eigenvalue weighted by Crippen LogP contribution is -2.34. The zero-order valence-electron chi connectivity index (χ0n) is 7.12. The van der Waals surface area contributed by atoms with Gasteiger partial charge in [-0.1, -0.05) is 0 Å². The van der Waals surface area contributed by atoms with Crippen molar-refractivity contribution in [3.63, 3.8) is 0 Å². The zero-order chi connectivity index (χ0) is 7.84. The van der Waals surface area contributed by atoms with Crippen molar-refractivity contribution in [2.45, 2.75) is 18.8 Å². The van der Waals surface area contributed by atoms with Crippen molar-refractivity contribution in [3.8, 4) is 0 Å². The third kappa shape index (κ3) is 1.17. The van der Waals surface area contributed by atoms with Crippen LogP contribution in [-0.2, 0) is 9.47 Å². The van der Waals surface area contributed by atoms with Crippen LogP contribution in [0.1, 0.15) is 6.42 Å². The minimum atomic E-state index is 0.0994. The second kappa shape index (κ2) is 2.73. The SMILES string of the molecule is CN(C)C1COC2OCCC21. The van der Waals surface area contributed by atoms with Crippen LogP contribution in [0.15, 0.2) is 0 Å². The monoisotopic (exact) mass is 157 g/mol. The fraction of sp³-hybridized carbons (Fsp3) is 1.00. The van der Waals surface area contributed by atoms with Gasteiger partial charge in [-0.3, -0.25) is 0 Å². The highest BCUT2D eigenvalue weighted by atomic mass is 16.7. The summed E-state index contributed by atoms with van der Waals surface area (Å²) in [7, 11) is 4.21. The first-order chi connectivity index (χ1) is 5.29. The quantitative estimate of drug-likeness (QED) is 0.547. The van der Waals surface area contributed by atoms with Gasteiger partial charge in [0.25, 0.3) is 0 Å². The van der Waals surface area contributed by atoms with Crippen molar-refractivity contribution in [1.82, 2.24) is 4.90 Å². The maximum atomic E-state index is 5.49. The van der Waals surface area contributed by atoms with E-state index in [-0.39, 0.29) is 6.29 Å². The van der Waals surface area contributed by atoms with E-state index >= 15 is 0 Å². The first kappa shape index (κ1) is 7.53. The third-order valence-electron chi connectivity index (χ3n) is 2.67. The van der Waals surface area contributed by atoms with Crippen LogP contribution in [0.4, 0.5) is 0 Å². The fourth-order valence-corrected chi connectivity index (χ4v) is 1.97. The Balaban J connectivity index is 2.03. The average molecular weight is 157 g/mol. The number of hydrogen-bond acceptors (Lipinski definition) is 3. The minimum absolute atomic E-state index is 0.0994. The number of ether oxygens (including phenoxy) is 2. The summed E-state index contributed by atoms with van der Waals surface area (Å²) >= 11 is 0. The molecule has 0 saturated carbocycles. The summed E-state index contributed by atoms with van der Waals surface area (Å²) in [5, 5.41) is 0. The molecule has 0 aliphatic carbocycles. The van der Waals surface area contributed by atoms with Crippen LogP contribution in [-0.4, -0.2) is 44.5 Å². The van der Waals surface area contributed by atoms with E-state index in [4.69, 9.17) is 9.47 Å². The van der Waals surface area contributed by atoms with Crippen molar-refractivity contribution in [3.05, 3.63) is 0 Å². The average Bonchev–Trinajstić information content (AvgIpc) is 2.41. The molecule has 2 heterocycles. The van der Waals surface area contributed by atoms with E-state index in [9.17, 15) is 0 Å². The van der Waals surface area contributed by atoms with E-state index in [2.05, 4.69) is 19.0 Å². The normalized spacial score (nSPS) is 43.4. The molecular formula is C8H15NO2.